The number of hydrogen-bond acceptors (Lipinski definition) is 3. The number of aliphatic hydroxyl groups excluding tert-OH is 1. The standard InChI is InChI=1S/C15H16F3N3O3/c16-15(17,18)7-21-11-2-1-9(5-10(11)20-13(21)24)12(23)19-6-14(8-22)3-4-14/h1-2,5,22H,3-4,6-8H2,(H,19,23)(H,20,24). The number of hydrogen-bond donors (Lipinski definition) is 3. The fourth-order valence-corrected chi connectivity index (χ4v) is 2.58. The zero-order valence-corrected chi connectivity index (χ0v) is 12.6. The molecule has 0 aliphatic heterocycles. The number of imidazole rings is 1. The smallest absolute Gasteiger partial charge is 0.396 e. The second-order valence-electron chi connectivity index (χ2n) is 6.20. The van der Waals surface area contributed by atoms with Gasteiger partial charge >= 0.3 is 11.9 Å². The van der Waals surface area contributed by atoms with Crippen LogP contribution in [-0.2, 0) is 6.54 Å². The van der Waals surface area contributed by atoms with Crippen LogP contribution < -0.4 is 11.0 Å². The van der Waals surface area contributed by atoms with E-state index in [4.69, 9.17) is 0 Å². The summed E-state index contributed by atoms with van der Waals surface area (Å²) < 4.78 is 38.2. The fourth-order valence-electron chi connectivity index (χ4n) is 2.58. The van der Waals surface area contributed by atoms with Crippen molar-refractivity contribution in [2.24, 2.45) is 5.41 Å². The number of carbonyl (C=O) groups excluding carboxylic acids is 1. The van der Waals surface area contributed by atoms with E-state index in [0.717, 1.165) is 12.8 Å². The number of halogens is 3. The van der Waals surface area contributed by atoms with Crippen LogP contribution in [0.1, 0.15) is 23.2 Å². The lowest BCUT2D eigenvalue weighted by Gasteiger charge is -2.12. The van der Waals surface area contributed by atoms with Crippen LogP contribution in [0.25, 0.3) is 11.0 Å². The molecule has 1 aliphatic carbocycles. The second kappa shape index (κ2) is 5.66. The van der Waals surface area contributed by atoms with Crippen LogP contribution in [0.4, 0.5) is 13.2 Å². The molecule has 1 amide bonds. The van der Waals surface area contributed by atoms with E-state index in [1.165, 1.54) is 18.2 Å². The number of fused-ring (bicyclic) bond motifs is 1. The first-order valence-corrected chi connectivity index (χ1v) is 7.41. The van der Waals surface area contributed by atoms with Crippen molar-refractivity contribution in [1.29, 1.82) is 0 Å². The lowest BCUT2D eigenvalue weighted by molar-refractivity contribution is -0.140. The van der Waals surface area contributed by atoms with Crippen molar-refractivity contribution < 1.29 is 23.1 Å². The lowest BCUT2D eigenvalue weighted by Crippen LogP contribution is -2.31. The molecule has 2 aromatic rings. The Morgan fingerprint density at radius 3 is 2.67 bits per heavy atom. The number of alkyl halides is 3. The van der Waals surface area contributed by atoms with E-state index in [-0.39, 0.29) is 28.6 Å². The van der Waals surface area contributed by atoms with Crippen LogP contribution >= 0.6 is 0 Å². The summed E-state index contributed by atoms with van der Waals surface area (Å²) in [6, 6.07) is 4.03. The SMILES string of the molecule is O=C(NCC1(CO)CC1)c1ccc2c(c1)[nH]c(=O)n2CC(F)(F)F. The van der Waals surface area contributed by atoms with Crippen molar-refractivity contribution in [3.8, 4) is 0 Å². The summed E-state index contributed by atoms with van der Waals surface area (Å²) >= 11 is 0. The molecular weight excluding hydrogens is 327 g/mol. The van der Waals surface area contributed by atoms with E-state index in [1.54, 1.807) is 0 Å². The quantitative estimate of drug-likeness (QED) is 0.767. The summed E-state index contributed by atoms with van der Waals surface area (Å²) in [7, 11) is 0. The van der Waals surface area contributed by atoms with Gasteiger partial charge in [0.25, 0.3) is 5.91 Å². The van der Waals surface area contributed by atoms with E-state index in [0.29, 0.717) is 11.1 Å². The Balaban J connectivity index is 1.81. The molecule has 0 bridgehead atoms. The van der Waals surface area contributed by atoms with Crippen molar-refractivity contribution >= 4 is 16.9 Å². The zero-order valence-electron chi connectivity index (χ0n) is 12.6. The highest BCUT2D eigenvalue weighted by molar-refractivity contribution is 5.97. The van der Waals surface area contributed by atoms with Gasteiger partial charge in [0.15, 0.2) is 0 Å². The Hall–Kier alpha value is -2.29. The maximum Gasteiger partial charge on any atom is 0.406 e. The molecule has 6 nitrogen and oxygen atoms in total. The molecule has 0 atom stereocenters. The summed E-state index contributed by atoms with van der Waals surface area (Å²) in [5.41, 5.74) is -0.638. The highest BCUT2D eigenvalue weighted by atomic mass is 19.4. The first-order chi connectivity index (χ1) is 11.2. The van der Waals surface area contributed by atoms with Gasteiger partial charge in [-0.05, 0) is 31.0 Å². The second-order valence-corrected chi connectivity index (χ2v) is 6.20. The summed E-state index contributed by atoms with van der Waals surface area (Å²) in [6.45, 7) is -1.05. The first-order valence-electron chi connectivity index (χ1n) is 7.41. The Kier molecular flexibility index (Phi) is 3.90. The van der Waals surface area contributed by atoms with Crippen LogP contribution in [0.15, 0.2) is 23.0 Å². The summed E-state index contributed by atoms with van der Waals surface area (Å²) in [6.07, 6.45) is -2.83. The van der Waals surface area contributed by atoms with Gasteiger partial charge in [-0.15, -0.1) is 0 Å². The molecule has 1 aromatic carbocycles. The third-order valence-corrected chi connectivity index (χ3v) is 4.29. The van der Waals surface area contributed by atoms with Crippen LogP contribution in [0.2, 0.25) is 0 Å². The fraction of sp³-hybridized carbons (Fsp3) is 0.467. The van der Waals surface area contributed by atoms with Crippen molar-refractivity contribution in [3.63, 3.8) is 0 Å². The normalized spacial score (nSPS) is 16.3. The molecule has 24 heavy (non-hydrogen) atoms. The Morgan fingerprint density at radius 1 is 1.38 bits per heavy atom. The molecule has 3 rings (SSSR count). The van der Waals surface area contributed by atoms with Gasteiger partial charge in [-0.25, -0.2) is 4.79 Å². The topological polar surface area (TPSA) is 87.1 Å². The average molecular weight is 343 g/mol. The average Bonchev–Trinajstić information content (AvgIpc) is 3.24. The molecule has 1 aromatic heterocycles. The molecule has 0 spiro atoms. The van der Waals surface area contributed by atoms with Gasteiger partial charge in [-0.2, -0.15) is 13.2 Å². The van der Waals surface area contributed by atoms with Crippen molar-refractivity contribution in [2.45, 2.75) is 25.6 Å². The van der Waals surface area contributed by atoms with Crippen molar-refractivity contribution in [1.82, 2.24) is 14.9 Å². The maximum atomic E-state index is 12.5. The molecule has 0 unspecified atom stereocenters. The Morgan fingerprint density at radius 2 is 2.08 bits per heavy atom. The van der Waals surface area contributed by atoms with E-state index < -0.39 is 24.3 Å². The minimum absolute atomic E-state index is 0.0000719. The number of aliphatic hydroxyl groups is 1. The van der Waals surface area contributed by atoms with E-state index >= 15 is 0 Å². The number of amides is 1. The number of nitrogens with zero attached hydrogens (tertiary/aromatic N) is 1. The monoisotopic (exact) mass is 343 g/mol. The molecule has 3 N–H and O–H groups in total. The number of nitrogens with one attached hydrogen (secondary N) is 2. The Bertz CT molecular complexity index is 834. The van der Waals surface area contributed by atoms with Gasteiger partial charge in [-0.1, -0.05) is 0 Å². The highest BCUT2D eigenvalue weighted by Crippen LogP contribution is 2.44. The number of H-pyrrole nitrogens is 1. The van der Waals surface area contributed by atoms with Gasteiger partial charge in [0.2, 0.25) is 0 Å². The maximum absolute atomic E-state index is 12.5. The predicted molar refractivity (Wildman–Crippen MR) is 79.7 cm³/mol. The zero-order chi connectivity index (χ0) is 17.5. The first kappa shape index (κ1) is 16.6. The molecule has 0 saturated heterocycles. The molecule has 1 fully saturated rings. The van der Waals surface area contributed by atoms with Crippen LogP contribution in [-0.4, -0.2) is 39.9 Å². The summed E-state index contributed by atoms with van der Waals surface area (Å²) in [4.78, 5) is 26.1. The predicted octanol–water partition coefficient (Wildman–Crippen LogP) is 1.39. The van der Waals surface area contributed by atoms with Crippen molar-refractivity contribution in [2.75, 3.05) is 13.2 Å². The van der Waals surface area contributed by atoms with Gasteiger partial charge in [-0.3, -0.25) is 9.36 Å². The van der Waals surface area contributed by atoms with E-state index in [9.17, 15) is 27.9 Å². The van der Waals surface area contributed by atoms with Crippen LogP contribution in [0.5, 0.6) is 0 Å². The number of aromatic amines is 1. The number of aromatic nitrogens is 2. The molecule has 9 heteroatoms. The van der Waals surface area contributed by atoms with Crippen LogP contribution in [0.3, 0.4) is 0 Å². The van der Waals surface area contributed by atoms with E-state index in [1.807, 2.05) is 0 Å². The third kappa shape index (κ3) is 3.30. The van der Waals surface area contributed by atoms with Gasteiger partial charge in [0.05, 0.1) is 17.6 Å². The Labute approximate surface area is 134 Å². The molecular formula is C15H16F3N3O3. The minimum Gasteiger partial charge on any atom is -0.396 e. The summed E-state index contributed by atoms with van der Waals surface area (Å²) in [5.74, 6) is -0.402. The van der Waals surface area contributed by atoms with Gasteiger partial charge in [0.1, 0.15) is 6.54 Å². The number of carbonyl (C=O) groups is 1. The number of benzene rings is 1. The largest absolute Gasteiger partial charge is 0.406 e. The lowest BCUT2D eigenvalue weighted by atomic mass is 10.1. The third-order valence-electron chi connectivity index (χ3n) is 4.29. The van der Waals surface area contributed by atoms with E-state index in [2.05, 4.69) is 10.3 Å². The molecule has 1 aliphatic rings. The molecule has 0 radical (unpaired) electrons. The number of rotatable bonds is 5. The minimum atomic E-state index is -4.52. The van der Waals surface area contributed by atoms with Crippen LogP contribution in [0, 0.1) is 5.41 Å². The van der Waals surface area contributed by atoms with Gasteiger partial charge < -0.3 is 15.4 Å². The molecule has 1 heterocycles. The highest BCUT2D eigenvalue weighted by Gasteiger charge is 2.42. The van der Waals surface area contributed by atoms with Gasteiger partial charge in [0, 0.05) is 17.5 Å². The molecule has 1 saturated carbocycles. The summed E-state index contributed by atoms with van der Waals surface area (Å²) in [5, 5.41) is 11.9. The van der Waals surface area contributed by atoms with Crippen molar-refractivity contribution in [3.05, 3.63) is 34.2 Å². The molecule has 130 valence electrons.